The summed E-state index contributed by atoms with van der Waals surface area (Å²) in [5.74, 6) is -0.0759. The van der Waals surface area contributed by atoms with Gasteiger partial charge in [-0.3, -0.25) is 4.79 Å². The van der Waals surface area contributed by atoms with Crippen LogP contribution < -0.4 is 16.0 Å². The zero-order chi connectivity index (χ0) is 18.4. The Morgan fingerprint density at radius 3 is 2.59 bits per heavy atom. The van der Waals surface area contributed by atoms with Gasteiger partial charge in [0.2, 0.25) is 0 Å². The maximum Gasteiger partial charge on any atom is 0.321 e. The molecule has 0 radical (unpaired) electrons. The molecule has 3 rings (SSSR count). The predicted molar refractivity (Wildman–Crippen MR) is 107 cm³/mol. The van der Waals surface area contributed by atoms with Gasteiger partial charge in [-0.25, -0.2) is 4.79 Å². The molecule has 8 heteroatoms. The minimum atomic E-state index is -0.743. The van der Waals surface area contributed by atoms with Crippen LogP contribution in [0.1, 0.15) is 31.2 Å². The molecular weight excluding hydrogens is 368 g/mol. The number of halogens is 1. The SMILES string of the molecule is COC1(C(=O)NCc2cccc(NC(=O)N3CCCC3)c2)CCNCC1.Cl. The zero-order valence-electron chi connectivity index (χ0n) is 15.8. The number of methoxy groups -OCH3 is 1. The van der Waals surface area contributed by atoms with Gasteiger partial charge in [-0.2, -0.15) is 0 Å². The second-order valence-electron chi connectivity index (χ2n) is 6.96. The molecule has 1 aromatic rings. The molecule has 2 aliphatic heterocycles. The summed E-state index contributed by atoms with van der Waals surface area (Å²) in [6.07, 6.45) is 3.47. The van der Waals surface area contributed by atoms with Crippen LogP contribution >= 0.6 is 12.4 Å². The molecule has 3 N–H and O–H groups in total. The molecular formula is C19H29ClN4O3. The van der Waals surface area contributed by atoms with Crippen LogP contribution in [0.3, 0.4) is 0 Å². The number of anilines is 1. The summed E-state index contributed by atoms with van der Waals surface area (Å²) in [5, 5.41) is 9.16. The number of benzene rings is 1. The third-order valence-electron chi connectivity index (χ3n) is 5.24. The van der Waals surface area contributed by atoms with Crippen molar-refractivity contribution in [1.82, 2.24) is 15.5 Å². The molecule has 1 aromatic carbocycles. The van der Waals surface area contributed by atoms with E-state index in [0.717, 1.165) is 50.3 Å². The van der Waals surface area contributed by atoms with E-state index in [9.17, 15) is 9.59 Å². The Morgan fingerprint density at radius 2 is 1.93 bits per heavy atom. The van der Waals surface area contributed by atoms with E-state index in [1.54, 1.807) is 7.11 Å². The summed E-state index contributed by atoms with van der Waals surface area (Å²) in [6.45, 7) is 3.59. The van der Waals surface area contributed by atoms with Crippen molar-refractivity contribution in [3.8, 4) is 0 Å². The van der Waals surface area contributed by atoms with Gasteiger partial charge in [-0.15, -0.1) is 12.4 Å². The number of hydrogen-bond acceptors (Lipinski definition) is 4. The Hall–Kier alpha value is -1.83. The first-order chi connectivity index (χ1) is 12.6. The number of nitrogens with zero attached hydrogens (tertiary/aromatic N) is 1. The highest BCUT2D eigenvalue weighted by Gasteiger charge is 2.39. The fraction of sp³-hybridized carbons (Fsp3) is 0.579. The van der Waals surface area contributed by atoms with Crippen molar-refractivity contribution in [2.24, 2.45) is 0 Å². The number of amides is 3. The Balaban J connectivity index is 0.00000261. The highest BCUT2D eigenvalue weighted by molar-refractivity contribution is 5.89. The Bertz CT molecular complexity index is 644. The maximum atomic E-state index is 12.6. The summed E-state index contributed by atoms with van der Waals surface area (Å²) in [4.78, 5) is 26.7. The van der Waals surface area contributed by atoms with Gasteiger partial charge in [0.15, 0.2) is 0 Å². The molecule has 0 bridgehead atoms. The quantitative estimate of drug-likeness (QED) is 0.712. The van der Waals surface area contributed by atoms with E-state index in [-0.39, 0.29) is 24.3 Å². The third-order valence-corrected chi connectivity index (χ3v) is 5.24. The number of nitrogens with one attached hydrogen (secondary N) is 3. The van der Waals surface area contributed by atoms with Crippen molar-refractivity contribution in [1.29, 1.82) is 0 Å². The van der Waals surface area contributed by atoms with Gasteiger partial charge in [-0.05, 0) is 56.5 Å². The first-order valence-corrected chi connectivity index (χ1v) is 9.32. The molecule has 3 amide bonds. The van der Waals surface area contributed by atoms with Crippen LogP contribution in [0.25, 0.3) is 0 Å². The average Bonchev–Trinajstić information content (AvgIpc) is 3.22. The zero-order valence-corrected chi connectivity index (χ0v) is 16.6. The lowest BCUT2D eigenvalue weighted by atomic mass is 9.91. The summed E-state index contributed by atoms with van der Waals surface area (Å²) >= 11 is 0. The Morgan fingerprint density at radius 1 is 1.22 bits per heavy atom. The number of rotatable bonds is 5. The molecule has 27 heavy (non-hydrogen) atoms. The summed E-state index contributed by atoms with van der Waals surface area (Å²) < 4.78 is 5.55. The van der Waals surface area contributed by atoms with Crippen molar-refractivity contribution in [2.75, 3.05) is 38.6 Å². The molecule has 0 aliphatic carbocycles. The van der Waals surface area contributed by atoms with Gasteiger partial charge in [0.1, 0.15) is 5.60 Å². The molecule has 150 valence electrons. The second-order valence-corrected chi connectivity index (χ2v) is 6.96. The fourth-order valence-electron chi connectivity index (χ4n) is 3.58. The van der Waals surface area contributed by atoms with Crippen molar-refractivity contribution < 1.29 is 14.3 Å². The first kappa shape index (κ1) is 21.5. The van der Waals surface area contributed by atoms with Gasteiger partial charge in [0.05, 0.1) is 0 Å². The monoisotopic (exact) mass is 396 g/mol. The molecule has 0 unspecified atom stereocenters. The minimum Gasteiger partial charge on any atom is -0.368 e. The van der Waals surface area contributed by atoms with Gasteiger partial charge in [0.25, 0.3) is 5.91 Å². The van der Waals surface area contributed by atoms with E-state index >= 15 is 0 Å². The van der Waals surface area contributed by atoms with E-state index < -0.39 is 5.60 Å². The van der Waals surface area contributed by atoms with E-state index in [1.165, 1.54) is 0 Å². The van der Waals surface area contributed by atoms with Crippen LogP contribution in [-0.2, 0) is 16.1 Å². The fourth-order valence-corrected chi connectivity index (χ4v) is 3.58. The molecule has 0 aromatic heterocycles. The topological polar surface area (TPSA) is 82.7 Å². The van der Waals surface area contributed by atoms with Crippen LogP contribution in [0.4, 0.5) is 10.5 Å². The van der Waals surface area contributed by atoms with E-state index in [2.05, 4.69) is 16.0 Å². The van der Waals surface area contributed by atoms with E-state index in [0.29, 0.717) is 19.4 Å². The van der Waals surface area contributed by atoms with Crippen LogP contribution in [-0.4, -0.2) is 55.7 Å². The number of likely N-dealkylation sites (tertiary alicyclic amines) is 1. The number of piperidine rings is 1. The lowest BCUT2D eigenvalue weighted by Gasteiger charge is -2.34. The number of urea groups is 1. The lowest BCUT2D eigenvalue weighted by molar-refractivity contribution is -0.146. The van der Waals surface area contributed by atoms with Crippen LogP contribution in [0.2, 0.25) is 0 Å². The van der Waals surface area contributed by atoms with Gasteiger partial charge >= 0.3 is 6.03 Å². The van der Waals surface area contributed by atoms with Gasteiger partial charge in [0, 0.05) is 32.4 Å². The molecule has 0 spiro atoms. The normalized spacial score (nSPS) is 18.5. The Kier molecular flexibility index (Phi) is 7.89. The highest BCUT2D eigenvalue weighted by atomic mass is 35.5. The first-order valence-electron chi connectivity index (χ1n) is 9.32. The minimum absolute atomic E-state index is 0. The molecule has 2 aliphatic rings. The number of ether oxygens (including phenoxy) is 1. The van der Waals surface area contributed by atoms with Crippen LogP contribution in [0.5, 0.6) is 0 Å². The van der Waals surface area contributed by atoms with Crippen LogP contribution in [0.15, 0.2) is 24.3 Å². The van der Waals surface area contributed by atoms with Crippen molar-refractivity contribution in [3.63, 3.8) is 0 Å². The molecule has 0 atom stereocenters. The molecule has 2 fully saturated rings. The summed E-state index contributed by atoms with van der Waals surface area (Å²) in [6, 6.07) is 7.53. The van der Waals surface area contributed by atoms with E-state index in [4.69, 9.17) is 4.74 Å². The van der Waals surface area contributed by atoms with Crippen molar-refractivity contribution in [2.45, 2.75) is 37.8 Å². The molecule has 7 nitrogen and oxygen atoms in total. The van der Waals surface area contributed by atoms with Crippen molar-refractivity contribution in [3.05, 3.63) is 29.8 Å². The smallest absolute Gasteiger partial charge is 0.321 e. The third kappa shape index (κ3) is 5.34. The second kappa shape index (κ2) is 9.92. The summed E-state index contributed by atoms with van der Waals surface area (Å²) in [5.41, 5.74) is 0.946. The number of hydrogen-bond donors (Lipinski definition) is 3. The average molecular weight is 397 g/mol. The van der Waals surface area contributed by atoms with Gasteiger partial charge < -0.3 is 25.6 Å². The number of carbonyl (C=O) groups is 2. The Labute approximate surface area is 166 Å². The number of carbonyl (C=O) groups excluding carboxylic acids is 2. The predicted octanol–water partition coefficient (Wildman–Crippen LogP) is 2.12. The van der Waals surface area contributed by atoms with E-state index in [1.807, 2.05) is 29.2 Å². The standard InChI is InChI=1S/C19H28N4O3.ClH/c1-26-19(7-9-20-10-8-19)17(24)21-14-15-5-4-6-16(13-15)22-18(25)23-11-2-3-12-23;/h4-6,13,20H,2-3,7-12,14H2,1H3,(H,21,24)(H,22,25);1H. The maximum absolute atomic E-state index is 12.6. The van der Waals surface area contributed by atoms with Gasteiger partial charge in [-0.1, -0.05) is 12.1 Å². The molecule has 2 saturated heterocycles. The summed E-state index contributed by atoms with van der Waals surface area (Å²) in [7, 11) is 1.60. The molecule has 0 saturated carbocycles. The lowest BCUT2D eigenvalue weighted by Crippen LogP contribution is -2.53. The van der Waals surface area contributed by atoms with Crippen LogP contribution in [0, 0.1) is 0 Å². The largest absolute Gasteiger partial charge is 0.368 e. The van der Waals surface area contributed by atoms with Crippen molar-refractivity contribution >= 4 is 30.0 Å². The highest BCUT2D eigenvalue weighted by Crippen LogP contribution is 2.23. The molecule has 2 heterocycles.